The number of nitrogens with two attached hydrogens (primary N) is 1. The lowest BCUT2D eigenvalue weighted by Crippen LogP contribution is -2.26. The van der Waals surface area contributed by atoms with Crippen molar-refractivity contribution in [2.75, 3.05) is 44.0 Å². The van der Waals surface area contributed by atoms with E-state index in [4.69, 9.17) is 15.2 Å². The van der Waals surface area contributed by atoms with Crippen molar-refractivity contribution in [2.24, 2.45) is 0 Å². The van der Waals surface area contributed by atoms with Crippen molar-refractivity contribution in [1.82, 2.24) is 0 Å². The minimum absolute atomic E-state index is 0.309. The first kappa shape index (κ1) is 16.1. The molecule has 1 aliphatic rings. The largest absolute Gasteiger partial charge is 0.462 e. The minimum Gasteiger partial charge on any atom is -0.462 e. The molecule has 0 aromatic carbocycles. The van der Waals surface area contributed by atoms with Crippen molar-refractivity contribution < 1.29 is 14.3 Å². The van der Waals surface area contributed by atoms with E-state index in [0.29, 0.717) is 29.7 Å². The Morgan fingerprint density at radius 3 is 2.67 bits per heavy atom. The number of thiophene rings is 1. The van der Waals surface area contributed by atoms with E-state index in [1.54, 1.807) is 14.0 Å². The first-order valence-electron chi connectivity index (χ1n) is 7.47. The zero-order valence-electron chi connectivity index (χ0n) is 13.0. The van der Waals surface area contributed by atoms with Crippen LogP contribution in [-0.4, -0.2) is 39.4 Å². The van der Waals surface area contributed by atoms with Crippen molar-refractivity contribution in [1.29, 1.82) is 0 Å². The van der Waals surface area contributed by atoms with Gasteiger partial charge < -0.3 is 20.1 Å². The lowest BCUT2D eigenvalue weighted by atomic mass is 10.1. The normalized spacial score (nSPS) is 14.2. The van der Waals surface area contributed by atoms with Gasteiger partial charge in [0.25, 0.3) is 0 Å². The van der Waals surface area contributed by atoms with Crippen molar-refractivity contribution in [3.05, 3.63) is 10.4 Å². The fourth-order valence-electron chi connectivity index (χ4n) is 2.40. The standard InChI is InChI=1S/C15H24N2O3S/c1-4-17(8-9-19-3)14-11(10-6-7-10)12(16)13(21-14)15(18)20-5-2/h10H,4-9,16H2,1-3H3. The Balaban J connectivity index is 2.34. The van der Waals surface area contributed by atoms with Gasteiger partial charge in [-0.15, -0.1) is 11.3 Å². The van der Waals surface area contributed by atoms with Crippen molar-refractivity contribution in [3.8, 4) is 0 Å². The summed E-state index contributed by atoms with van der Waals surface area (Å²) >= 11 is 1.46. The predicted octanol–water partition coefficient (Wildman–Crippen LogP) is 2.86. The van der Waals surface area contributed by atoms with Gasteiger partial charge in [0.2, 0.25) is 0 Å². The molecule has 1 aromatic rings. The van der Waals surface area contributed by atoms with Gasteiger partial charge in [-0.25, -0.2) is 4.79 Å². The maximum absolute atomic E-state index is 12.1. The third-order valence-electron chi connectivity index (χ3n) is 3.64. The Kier molecular flexibility index (Phi) is 5.47. The van der Waals surface area contributed by atoms with Crippen LogP contribution in [0.15, 0.2) is 0 Å². The third kappa shape index (κ3) is 3.49. The quantitative estimate of drug-likeness (QED) is 0.748. The van der Waals surface area contributed by atoms with Crippen molar-refractivity contribution >= 4 is 28.0 Å². The number of anilines is 2. The second kappa shape index (κ2) is 7.13. The highest BCUT2D eigenvalue weighted by Crippen LogP contribution is 2.52. The molecule has 21 heavy (non-hydrogen) atoms. The second-order valence-electron chi connectivity index (χ2n) is 5.13. The van der Waals surface area contributed by atoms with Crippen LogP contribution >= 0.6 is 11.3 Å². The highest BCUT2D eigenvalue weighted by atomic mass is 32.1. The molecule has 0 saturated heterocycles. The fourth-order valence-corrected chi connectivity index (χ4v) is 3.69. The van der Waals surface area contributed by atoms with E-state index in [1.165, 1.54) is 11.3 Å². The first-order chi connectivity index (χ1) is 10.1. The molecule has 0 unspecified atom stereocenters. The molecule has 1 aliphatic carbocycles. The highest BCUT2D eigenvalue weighted by Gasteiger charge is 2.34. The maximum Gasteiger partial charge on any atom is 0.350 e. The average molecular weight is 312 g/mol. The smallest absolute Gasteiger partial charge is 0.350 e. The Bertz CT molecular complexity index is 497. The number of esters is 1. The summed E-state index contributed by atoms with van der Waals surface area (Å²) in [6.45, 7) is 6.60. The van der Waals surface area contributed by atoms with E-state index in [-0.39, 0.29) is 5.97 Å². The van der Waals surface area contributed by atoms with Crippen LogP contribution in [0.4, 0.5) is 10.7 Å². The number of rotatable bonds is 8. The molecule has 0 radical (unpaired) electrons. The molecule has 1 saturated carbocycles. The topological polar surface area (TPSA) is 64.8 Å². The zero-order valence-corrected chi connectivity index (χ0v) is 13.8. The summed E-state index contributed by atoms with van der Waals surface area (Å²) < 4.78 is 10.3. The monoisotopic (exact) mass is 312 g/mol. The molecule has 0 spiro atoms. The molecule has 5 nitrogen and oxygen atoms in total. The lowest BCUT2D eigenvalue weighted by Gasteiger charge is -2.22. The number of hydrogen-bond donors (Lipinski definition) is 1. The number of methoxy groups -OCH3 is 1. The Labute approximate surface area is 130 Å². The molecular weight excluding hydrogens is 288 g/mol. The summed E-state index contributed by atoms with van der Waals surface area (Å²) in [5.74, 6) is 0.187. The van der Waals surface area contributed by atoms with Gasteiger partial charge in [0, 0.05) is 25.8 Å². The van der Waals surface area contributed by atoms with E-state index < -0.39 is 0 Å². The maximum atomic E-state index is 12.1. The van der Waals surface area contributed by atoms with Gasteiger partial charge in [-0.1, -0.05) is 0 Å². The molecule has 118 valence electrons. The molecule has 0 aliphatic heterocycles. The summed E-state index contributed by atoms with van der Waals surface area (Å²) in [7, 11) is 1.70. The van der Waals surface area contributed by atoms with Crippen LogP contribution in [0.1, 0.15) is 47.8 Å². The molecule has 6 heteroatoms. The molecule has 0 atom stereocenters. The summed E-state index contributed by atoms with van der Waals surface area (Å²) in [5.41, 5.74) is 8.01. The van der Waals surface area contributed by atoms with E-state index in [9.17, 15) is 4.79 Å². The molecule has 1 heterocycles. The number of hydrogen-bond acceptors (Lipinski definition) is 6. The number of carbonyl (C=O) groups is 1. The van der Waals surface area contributed by atoms with Gasteiger partial charge in [-0.05, 0) is 32.6 Å². The average Bonchev–Trinajstić information content (AvgIpc) is 3.24. The molecule has 2 rings (SSSR count). The van der Waals surface area contributed by atoms with E-state index in [2.05, 4.69) is 11.8 Å². The summed E-state index contributed by atoms with van der Waals surface area (Å²) in [6, 6.07) is 0. The lowest BCUT2D eigenvalue weighted by molar-refractivity contribution is 0.0533. The SMILES string of the molecule is CCOC(=O)c1sc(N(CC)CCOC)c(C2CC2)c1N. The van der Waals surface area contributed by atoms with Crippen LogP contribution in [-0.2, 0) is 9.47 Å². The third-order valence-corrected chi connectivity index (χ3v) is 4.91. The number of nitrogens with zero attached hydrogens (tertiary/aromatic N) is 1. The Morgan fingerprint density at radius 2 is 2.14 bits per heavy atom. The highest BCUT2D eigenvalue weighted by molar-refractivity contribution is 7.18. The first-order valence-corrected chi connectivity index (χ1v) is 8.28. The van der Waals surface area contributed by atoms with E-state index >= 15 is 0 Å². The number of ether oxygens (including phenoxy) is 2. The summed E-state index contributed by atoms with van der Waals surface area (Å²) in [4.78, 5) is 14.8. The summed E-state index contributed by atoms with van der Waals surface area (Å²) in [5, 5.41) is 1.11. The van der Waals surface area contributed by atoms with Crippen molar-refractivity contribution in [3.63, 3.8) is 0 Å². The van der Waals surface area contributed by atoms with Crippen LogP contribution in [0.5, 0.6) is 0 Å². The van der Waals surface area contributed by atoms with Crippen molar-refractivity contribution in [2.45, 2.75) is 32.6 Å². The van der Waals surface area contributed by atoms with Crippen LogP contribution in [0.3, 0.4) is 0 Å². The van der Waals surface area contributed by atoms with Gasteiger partial charge >= 0.3 is 5.97 Å². The minimum atomic E-state index is -0.309. The van der Waals surface area contributed by atoms with Crippen LogP contribution < -0.4 is 10.6 Å². The number of likely N-dealkylation sites (N-methyl/N-ethyl adjacent to an activating group) is 1. The fraction of sp³-hybridized carbons (Fsp3) is 0.667. The molecular formula is C15H24N2O3S. The molecule has 1 fully saturated rings. The van der Waals surface area contributed by atoms with Crippen LogP contribution in [0, 0.1) is 0 Å². The van der Waals surface area contributed by atoms with E-state index in [1.807, 2.05) is 0 Å². The van der Waals surface area contributed by atoms with Crippen LogP contribution in [0.25, 0.3) is 0 Å². The Morgan fingerprint density at radius 1 is 1.43 bits per heavy atom. The molecule has 1 aromatic heterocycles. The second-order valence-corrected chi connectivity index (χ2v) is 6.13. The van der Waals surface area contributed by atoms with E-state index in [0.717, 1.165) is 36.5 Å². The molecule has 2 N–H and O–H groups in total. The number of carbonyl (C=O) groups excluding carboxylic acids is 1. The summed E-state index contributed by atoms with van der Waals surface area (Å²) in [6.07, 6.45) is 2.30. The van der Waals surface area contributed by atoms with Gasteiger partial charge in [-0.3, -0.25) is 0 Å². The van der Waals surface area contributed by atoms with Crippen LogP contribution in [0.2, 0.25) is 0 Å². The van der Waals surface area contributed by atoms with Gasteiger partial charge in [0.1, 0.15) is 4.88 Å². The zero-order chi connectivity index (χ0) is 15.4. The van der Waals surface area contributed by atoms with Gasteiger partial charge in [-0.2, -0.15) is 0 Å². The Hall–Kier alpha value is -1.27. The van der Waals surface area contributed by atoms with Gasteiger partial charge in [0.05, 0.1) is 23.9 Å². The van der Waals surface area contributed by atoms with Gasteiger partial charge in [0.15, 0.2) is 0 Å². The number of nitrogen functional groups attached to an aromatic ring is 1. The molecule has 0 bridgehead atoms. The predicted molar refractivity (Wildman–Crippen MR) is 86.4 cm³/mol. The molecule has 0 amide bonds.